The van der Waals surface area contributed by atoms with Crippen molar-refractivity contribution < 1.29 is 4.79 Å². The van der Waals surface area contributed by atoms with Crippen LogP contribution in [0.1, 0.15) is 45.2 Å². The van der Waals surface area contributed by atoms with Gasteiger partial charge in [0.2, 0.25) is 0 Å². The molecule has 0 aromatic carbocycles. The van der Waals surface area contributed by atoms with Gasteiger partial charge >= 0.3 is 6.03 Å². The molecule has 2 aliphatic rings. The first-order valence-electron chi connectivity index (χ1n) is 9.84. The summed E-state index contributed by atoms with van der Waals surface area (Å²) in [5.74, 6) is 0.474. The quantitative estimate of drug-likeness (QED) is 0.730. The van der Waals surface area contributed by atoms with Gasteiger partial charge in [0, 0.05) is 41.6 Å². The Morgan fingerprint density at radius 1 is 1.25 bits per heavy atom. The molecule has 28 heavy (non-hydrogen) atoms. The topological polar surface area (TPSA) is 97.9 Å². The number of hydrogen-bond acceptors (Lipinski definition) is 4. The standard InChI is InChI=1S/C20H27ClN6O/c1-20(2)8-17-15(9-24-27(17)11-20)14-7-18(23-10-16(14)21)26-19(28)25-13-5-3-12(22)4-6-13/h7,9-10,12-13H,3-6,8,11,22H2,1-2H3,(H2,23,25,26,28). The summed E-state index contributed by atoms with van der Waals surface area (Å²) in [6.07, 6.45) is 8.07. The van der Waals surface area contributed by atoms with E-state index in [9.17, 15) is 4.79 Å². The Morgan fingerprint density at radius 2 is 2.00 bits per heavy atom. The third-order valence-corrected chi connectivity index (χ3v) is 5.97. The first-order chi connectivity index (χ1) is 13.3. The fourth-order valence-corrected chi connectivity index (χ4v) is 4.39. The molecular formula is C20H27ClN6O. The maximum atomic E-state index is 12.4. The van der Waals surface area contributed by atoms with Crippen molar-refractivity contribution in [1.82, 2.24) is 20.1 Å². The van der Waals surface area contributed by atoms with Crippen LogP contribution in [0.25, 0.3) is 11.1 Å². The van der Waals surface area contributed by atoms with Gasteiger partial charge in [-0.2, -0.15) is 5.10 Å². The van der Waals surface area contributed by atoms with E-state index in [-0.39, 0.29) is 23.5 Å². The first kappa shape index (κ1) is 19.2. The average molecular weight is 403 g/mol. The number of amides is 2. The van der Waals surface area contributed by atoms with E-state index >= 15 is 0 Å². The summed E-state index contributed by atoms with van der Waals surface area (Å²) in [4.78, 5) is 16.6. The highest BCUT2D eigenvalue weighted by atomic mass is 35.5. The number of halogens is 1. The third-order valence-electron chi connectivity index (χ3n) is 5.67. The van der Waals surface area contributed by atoms with Crippen molar-refractivity contribution in [2.24, 2.45) is 11.1 Å². The molecule has 1 aliphatic carbocycles. The maximum absolute atomic E-state index is 12.4. The van der Waals surface area contributed by atoms with Gasteiger partial charge in [-0.15, -0.1) is 0 Å². The number of aromatic nitrogens is 3. The van der Waals surface area contributed by atoms with E-state index in [1.165, 1.54) is 5.69 Å². The SMILES string of the molecule is CC1(C)Cc2c(-c3cc(NC(=O)NC4CCC(N)CC4)ncc3Cl)cnn2C1. The zero-order valence-electron chi connectivity index (χ0n) is 16.3. The minimum absolute atomic E-state index is 0.160. The number of nitrogens with one attached hydrogen (secondary N) is 2. The number of carbonyl (C=O) groups excluding carboxylic acids is 1. The second-order valence-electron chi connectivity index (χ2n) is 8.76. The van der Waals surface area contributed by atoms with Crippen molar-refractivity contribution in [2.75, 3.05) is 5.32 Å². The van der Waals surface area contributed by atoms with Crippen molar-refractivity contribution in [3.05, 3.63) is 29.2 Å². The van der Waals surface area contributed by atoms with E-state index in [0.29, 0.717) is 10.8 Å². The Balaban J connectivity index is 1.49. The molecular weight excluding hydrogens is 376 g/mol. The molecule has 0 saturated heterocycles. The second kappa shape index (κ2) is 7.37. The van der Waals surface area contributed by atoms with Crippen molar-refractivity contribution in [1.29, 1.82) is 0 Å². The van der Waals surface area contributed by atoms with Gasteiger partial charge in [0.05, 0.1) is 11.2 Å². The van der Waals surface area contributed by atoms with E-state index in [1.807, 2.05) is 16.9 Å². The Morgan fingerprint density at radius 3 is 2.75 bits per heavy atom. The number of fused-ring (bicyclic) bond motifs is 1. The lowest BCUT2D eigenvalue weighted by molar-refractivity contribution is 0.242. The normalized spacial score (nSPS) is 23.3. The molecule has 0 bridgehead atoms. The van der Waals surface area contributed by atoms with E-state index in [0.717, 1.165) is 49.8 Å². The van der Waals surface area contributed by atoms with E-state index in [1.54, 1.807) is 6.20 Å². The van der Waals surface area contributed by atoms with Crippen molar-refractivity contribution in [3.63, 3.8) is 0 Å². The van der Waals surface area contributed by atoms with Crippen LogP contribution in [0.4, 0.5) is 10.6 Å². The Labute approximate surface area is 170 Å². The number of pyridine rings is 1. The molecule has 1 saturated carbocycles. The summed E-state index contributed by atoms with van der Waals surface area (Å²) in [5.41, 5.74) is 9.13. The third kappa shape index (κ3) is 4.00. The number of nitrogens with zero attached hydrogens (tertiary/aromatic N) is 3. The number of nitrogens with two attached hydrogens (primary N) is 1. The summed E-state index contributed by atoms with van der Waals surface area (Å²) in [7, 11) is 0. The van der Waals surface area contributed by atoms with Crippen LogP contribution in [-0.2, 0) is 13.0 Å². The zero-order valence-corrected chi connectivity index (χ0v) is 17.1. The van der Waals surface area contributed by atoms with Gasteiger partial charge in [-0.3, -0.25) is 10.00 Å². The van der Waals surface area contributed by atoms with E-state index < -0.39 is 0 Å². The molecule has 0 unspecified atom stereocenters. The van der Waals surface area contributed by atoms with Gasteiger partial charge in [0.1, 0.15) is 5.82 Å². The van der Waals surface area contributed by atoms with E-state index in [4.69, 9.17) is 17.3 Å². The van der Waals surface area contributed by atoms with Crippen LogP contribution in [0.15, 0.2) is 18.5 Å². The minimum atomic E-state index is -0.248. The Bertz CT molecular complexity index is 885. The molecule has 3 heterocycles. The second-order valence-corrected chi connectivity index (χ2v) is 9.17. The number of urea groups is 1. The molecule has 150 valence electrons. The molecule has 7 nitrogen and oxygen atoms in total. The Hall–Kier alpha value is -2.12. The van der Waals surface area contributed by atoms with E-state index in [2.05, 4.69) is 34.6 Å². The van der Waals surface area contributed by atoms with Crippen LogP contribution in [0.5, 0.6) is 0 Å². The van der Waals surface area contributed by atoms with Gasteiger partial charge in [-0.25, -0.2) is 9.78 Å². The van der Waals surface area contributed by atoms with Crippen LogP contribution < -0.4 is 16.4 Å². The molecule has 4 rings (SSSR count). The summed E-state index contributed by atoms with van der Waals surface area (Å²) < 4.78 is 2.04. The van der Waals surface area contributed by atoms with Crippen LogP contribution in [0.3, 0.4) is 0 Å². The lowest BCUT2D eigenvalue weighted by Crippen LogP contribution is -2.42. The average Bonchev–Trinajstić information content (AvgIpc) is 3.13. The molecule has 2 aromatic heterocycles. The number of anilines is 1. The molecule has 8 heteroatoms. The predicted molar refractivity (Wildman–Crippen MR) is 110 cm³/mol. The maximum Gasteiger partial charge on any atom is 0.320 e. The highest BCUT2D eigenvalue weighted by Crippen LogP contribution is 2.39. The van der Waals surface area contributed by atoms with Crippen molar-refractivity contribution >= 4 is 23.4 Å². The highest BCUT2D eigenvalue weighted by Gasteiger charge is 2.32. The van der Waals surface area contributed by atoms with Crippen molar-refractivity contribution in [2.45, 2.75) is 64.6 Å². The van der Waals surface area contributed by atoms with Gasteiger partial charge in [0.15, 0.2) is 0 Å². The molecule has 2 aromatic rings. The molecule has 0 spiro atoms. The largest absolute Gasteiger partial charge is 0.335 e. The summed E-state index contributed by atoms with van der Waals surface area (Å²) in [6.45, 7) is 5.35. The molecule has 1 fully saturated rings. The molecule has 4 N–H and O–H groups in total. The van der Waals surface area contributed by atoms with Gasteiger partial charge in [-0.05, 0) is 43.6 Å². The predicted octanol–water partition coefficient (Wildman–Crippen LogP) is 3.57. The molecule has 2 amide bonds. The summed E-state index contributed by atoms with van der Waals surface area (Å²) in [5, 5.41) is 10.9. The minimum Gasteiger partial charge on any atom is -0.335 e. The zero-order chi connectivity index (χ0) is 19.9. The number of carbonyl (C=O) groups is 1. The smallest absolute Gasteiger partial charge is 0.320 e. The fourth-order valence-electron chi connectivity index (χ4n) is 4.19. The fraction of sp³-hybridized carbons (Fsp3) is 0.550. The lowest BCUT2D eigenvalue weighted by atomic mass is 9.89. The van der Waals surface area contributed by atoms with Gasteiger partial charge in [-0.1, -0.05) is 25.4 Å². The molecule has 1 aliphatic heterocycles. The highest BCUT2D eigenvalue weighted by molar-refractivity contribution is 6.33. The number of hydrogen-bond donors (Lipinski definition) is 3. The molecule has 0 radical (unpaired) electrons. The first-order valence-corrected chi connectivity index (χ1v) is 10.2. The van der Waals surface area contributed by atoms with Crippen LogP contribution >= 0.6 is 11.6 Å². The van der Waals surface area contributed by atoms with Gasteiger partial charge < -0.3 is 11.1 Å². The van der Waals surface area contributed by atoms with Crippen LogP contribution in [-0.4, -0.2) is 32.9 Å². The van der Waals surface area contributed by atoms with Crippen LogP contribution in [0.2, 0.25) is 5.02 Å². The van der Waals surface area contributed by atoms with Gasteiger partial charge in [0.25, 0.3) is 0 Å². The lowest BCUT2D eigenvalue weighted by Gasteiger charge is -2.26. The number of rotatable bonds is 3. The monoisotopic (exact) mass is 402 g/mol. The summed E-state index contributed by atoms with van der Waals surface area (Å²) in [6, 6.07) is 1.99. The molecule has 0 atom stereocenters. The van der Waals surface area contributed by atoms with Crippen molar-refractivity contribution in [3.8, 4) is 11.1 Å². The Kier molecular flexibility index (Phi) is 5.05. The van der Waals surface area contributed by atoms with Crippen LogP contribution in [0, 0.1) is 5.41 Å². The summed E-state index contributed by atoms with van der Waals surface area (Å²) >= 11 is 6.43.